The van der Waals surface area contributed by atoms with Gasteiger partial charge in [0, 0.05) is 25.8 Å². The Bertz CT molecular complexity index is 450. The van der Waals surface area contributed by atoms with Gasteiger partial charge in [-0.2, -0.15) is 0 Å². The van der Waals surface area contributed by atoms with Gasteiger partial charge in [0.15, 0.2) is 0 Å². The average Bonchev–Trinajstić information content (AvgIpc) is 2.69. The Hall–Kier alpha value is -1.39. The summed E-state index contributed by atoms with van der Waals surface area (Å²) >= 11 is 0. The van der Waals surface area contributed by atoms with Crippen LogP contribution in [-0.2, 0) is 17.7 Å². The van der Waals surface area contributed by atoms with Crippen molar-refractivity contribution in [1.29, 1.82) is 0 Å². The number of methoxy groups -OCH3 is 1. The van der Waals surface area contributed by atoms with Crippen molar-refractivity contribution >= 4 is 5.52 Å². The maximum absolute atomic E-state index is 5.69. The van der Waals surface area contributed by atoms with Crippen LogP contribution in [-0.4, -0.2) is 23.1 Å². The largest absolute Gasteiger partial charge is 0.384 e. The predicted octanol–water partition coefficient (Wildman–Crippen LogP) is 0.982. The zero-order valence-electron chi connectivity index (χ0n) is 8.81. The molecule has 0 aromatic carbocycles. The lowest BCUT2D eigenvalue weighted by Gasteiger charge is -2.06. The summed E-state index contributed by atoms with van der Waals surface area (Å²) in [6.07, 6.45) is 2.67. The zero-order valence-corrected chi connectivity index (χ0v) is 8.81. The Labute approximate surface area is 88.7 Å². The smallest absolute Gasteiger partial charge is 0.115 e. The van der Waals surface area contributed by atoms with E-state index >= 15 is 0 Å². The molecule has 2 N–H and O–H groups in total. The van der Waals surface area contributed by atoms with E-state index < -0.39 is 0 Å². The highest BCUT2D eigenvalue weighted by atomic mass is 16.5. The summed E-state index contributed by atoms with van der Waals surface area (Å²) in [6.45, 7) is 1.20. The van der Waals surface area contributed by atoms with Crippen LogP contribution in [0.25, 0.3) is 5.52 Å². The molecule has 80 valence electrons. The van der Waals surface area contributed by atoms with E-state index in [-0.39, 0.29) is 0 Å². The minimum atomic E-state index is 0.522. The average molecular weight is 205 g/mol. The zero-order chi connectivity index (χ0) is 10.7. The molecule has 15 heavy (non-hydrogen) atoms. The third kappa shape index (κ3) is 1.86. The minimum absolute atomic E-state index is 0.522. The van der Waals surface area contributed by atoms with Gasteiger partial charge in [-0.25, -0.2) is 4.98 Å². The molecule has 0 aliphatic carbocycles. The fourth-order valence-electron chi connectivity index (χ4n) is 1.72. The quantitative estimate of drug-likeness (QED) is 0.809. The van der Waals surface area contributed by atoms with Gasteiger partial charge in [-0.05, 0) is 12.1 Å². The third-order valence-corrected chi connectivity index (χ3v) is 2.44. The Balaban J connectivity index is 2.46. The predicted molar refractivity (Wildman–Crippen MR) is 58.7 cm³/mol. The molecule has 0 radical (unpaired) electrons. The maximum atomic E-state index is 5.69. The van der Waals surface area contributed by atoms with Crippen molar-refractivity contribution in [2.24, 2.45) is 5.73 Å². The van der Waals surface area contributed by atoms with E-state index in [1.54, 1.807) is 7.11 Å². The molecule has 2 heterocycles. The van der Waals surface area contributed by atoms with Gasteiger partial charge in [-0.15, -0.1) is 0 Å². The van der Waals surface area contributed by atoms with Gasteiger partial charge in [0.25, 0.3) is 0 Å². The molecule has 0 saturated carbocycles. The summed E-state index contributed by atoms with van der Waals surface area (Å²) in [7, 11) is 1.69. The second kappa shape index (κ2) is 4.42. The Morgan fingerprint density at radius 2 is 2.33 bits per heavy atom. The van der Waals surface area contributed by atoms with E-state index in [0.29, 0.717) is 13.2 Å². The number of hydrogen-bond acceptors (Lipinski definition) is 3. The van der Waals surface area contributed by atoms with Gasteiger partial charge in [0.2, 0.25) is 0 Å². The lowest BCUT2D eigenvalue weighted by atomic mass is 10.3. The molecular weight excluding hydrogens is 190 g/mol. The first kappa shape index (κ1) is 10.1. The van der Waals surface area contributed by atoms with Gasteiger partial charge in [0.1, 0.15) is 5.82 Å². The van der Waals surface area contributed by atoms with Gasteiger partial charge in [-0.1, -0.05) is 6.07 Å². The Morgan fingerprint density at radius 1 is 1.47 bits per heavy atom. The fourth-order valence-corrected chi connectivity index (χ4v) is 1.72. The molecule has 0 aliphatic rings. The van der Waals surface area contributed by atoms with Crippen molar-refractivity contribution < 1.29 is 4.74 Å². The first-order valence-electron chi connectivity index (χ1n) is 5.00. The summed E-state index contributed by atoms with van der Waals surface area (Å²) in [4.78, 5) is 4.37. The number of pyridine rings is 1. The van der Waals surface area contributed by atoms with Crippen LogP contribution < -0.4 is 5.73 Å². The first-order valence-corrected chi connectivity index (χ1v) is 5.00. The summed E-state index contributed by atoms with van der Waals surface area (Å²) < 4.78 is 7.15. The van der Waals surface area contributed by atoms with Crippen molar-refractivity contribution in [3.63, 3.8) is 0 Å². The van der Waals surface area contributed by atoms with Crippen molar-refractivity contribution in [1.82, 2.24) is 9.38 Å². The van der Waals surface area contributed by atoms with E-state index in [9.17, 15) is 0 Å². The Kier molecular flexibility index (Phi) is 2.99. The third-order valence-electron chi connectivity index (χ3n) is 2.44. The number of fused-ring (bicyclic) bond motifs is 1. The number of rotatable bonds is 4. The van der Waals surface area contributed by atoms with E-state index in [2.05, 4.69) is 9.38 Å². The fraction of sp³-hybridized carbons (Fsp3) is 0.364. The molecule has 2 aromatic rings. The molecule has 0 spiro atoms. The number of aromatic nitrogens is 2. The molecule has 0 aliphatic heterocycles. The molecule has 0 unspecified atom stereocenters. The highest BCUT2D eigenvalue weighted by Crippen LogP contribution is 2.11. The lowest BCUT2D eigenvalue weighted by Crippen LogP contribution is -2.08. The summed E-state index contributed by atoms with van der Waals surface area (Å²) in [5, 5.41) is 0. The van der Waals surface area contributed by atoms with Gasteiger partial charge < -0.3 is 10.5 Å². The van der Waals surface area contributed by atoms with Crippen LogP contribution in [0.2, 0.25) is 0 Å². The topological polar surface area (TPSA) is 52.5 Å². The van der Waals surface area contributed by atoms with Crippen molar-refractivity contribution in [2.75, 3.05) is 13.7 Å². The Morgan fingerprint density at radius 3 is 3.07 bits per heavy atom. The van der Waals surface area contributed by atoms with E-state index in [0.717, 1.165) is 23.5 Å². The molecule has 4 nitrogen and oxygen atoms in total. The van der Waals surface area contributed by atoms with E-state index in [4.69, 9.17) is 10.5 Å². The second-order valence-electron chi connectivity index (χ2n) is 3.40. The number of hydrogen-bond donors (Lipinski definition) is 1. The highest BCUT2D eigenvalue weighted by molar-refractivity contribution is 5.47. The van der Waals surface area contributed by atoms with Crippen LogP contribution in [0.4, 0.5) is 0 Å². The SMILES string of the molecule is COCCc1ncc2cccc(CN)n12. The van der Waals surface area contributed by atoms with Crippen LogP contribution in [0.1, 0.15) is 11.5 Å². The number of nitrogens with two attached hydrogens (primary N) is 1. The molecule has 4 heteroatoms. The van der Waals surface area contributed by atoms with Crippen LogP contribution in [0.3, 0.4) is 0 Å². The number of imidazole rings is 1. The maximum Gasteiger partial charge on any atom is 0.115 e. The van der Waals surface area contributed by atoms with Crippen molar-refractivity contribution in [2.45, 2.75) is 13.0 Å². The lowest BCUT2D eigenvalue weighted by molar-refractivity contribution is 0.200. The van der Waals surface area contributed by atoms with E-state index in [1.165, 1.54) is 0 Å². The van der Waals surface area contributed by atoms with Crippen LogP contribution in [0.5, 0.6) is 0 Å². The first-order chi connectivity index (χ1) is 7.36. The summed E-state index contributed by atoms with van der Waals surface area (Å²) in [6, 6.07) is 6.05. The normalized spacial score (nSPS) is 11.1. The molecule has 0 saturated heterocycles. The van der Waals surface area contributed by atoms with Crippen LogP contribution >= 0.6 is 0 Å². The standard InChI is InChI=1S/C11H15N3O/c1-15-6-5-11-13-8-10-4-2-3-9(7-12)14(10)11/h2-4,8H,5-7,12H2,1H3. The van der Waals surface area contributed by atoms with Gasteiger partial charge in [0.05, 0.1) is 18.3 Å². The van der Waals surface area contributed by atoms with Gasteiger partial charge >= 0.3 is 0 Å². The van der Waals surface area contributed by atoms with Crippen LogP contribution in [0, 0.1) is 0 Å². The number of nitrogens with zero attached hydrogens (tertiary/aromatic N) is 2. The molecule has 0 amide bonds. The molecule has 2 rings (SSSR count). The van der Waals surface area contributed by atoms with Crippen molar-refractivity contribution in [3.05, 3.63) is 35.9 Å². The minimum Gasteiger partial charge on any atom is -0.384 e. The molecule has 0 fully saturated rings. The van der Waals surface area contributed by atoms with E-state index in [1.807, 2.05) is 24.4 Å². The molecule has 0 atom stereocenters. The molecule has 2 aromatic heterocycles. The summed E-state index contributed by atoms with van der Waals surface area (Å²) in [5.74, 6) is 1.01. The van der Waals surface area contributed by atoms with Gasteiger partial charge in [-0.3, -0.25) is 4.40 Å². The summed E-state index contributed by atoms with van der Waals surface area (Å²) in [5.41, 5.74) is 7.86. The van der Waals surface area contributed by atoms with Crippen LogP contribution in [0.15, 0.2) is 24.4 Å². The highest BCUT2D eigenvalue weighted by Gasteiger charge is 2.05. The number of ether oxygens (including phenoxy) is 1. The molecular formula is C11H15N3O. The monoisotopic (exact) mass is 205 g/mol. The van der Waals surface area contributed by atoms with Crippen molar-refractivity contribution in [3.8, 4) is 0 Å². The second-order valence-corrected chi connectivity index (χ2v) is 3.40. The molecule has 0 bridgehead atoms.